The zero-order valence-corrected chi connectivity index (χ0v) is 20.5. The van der Waals surface area contributed by atoms with Gasteiger partial charge in [-0.05, 0) is 77.1 Å². The van der Waals surface area contributed by atoms with Crippen molar-refractivity contribution in [1.82, 2.24) is 0 Å². The van der Waals surface area contributed by atoms with Crippen LogP contribution in [0.2, 0.25) is 0 Å². The lowest BCUT2D eigenvalue weighted by atomic mass is 9.79. The normalized spacial score (nSPS) is 17.7. The zero-order valence-electron chi connectivity index (χ0n) is 20.5. The molecule has 35 heavy (non-hydrogen) atoms. The van der Waals surface area contributed by atoms with Crippen LogP contribution in [0.3, 0.4) is 0 Å². The lowest BCUT2D eigenvalue weighted by molar-refractivity contribution is -0.140. The average molecular weight is 473 g/mol. The molecule has 1 saturated carbocycles. The first-order valence-electron chi connectivity index (χ1n) is 12.3. The number of carbonyl (C=O) groups excluding carboxylic acids is 1. The SMILES string of the molecule is C=C(C)C(=O)OCc1cc(-c2ccc(-c3ccc(C4CCC(C)CC4)cc3)cc2F)ccc1CO. The first-order valence-corrected chi connectivity index (χ1v) is 12.3. The van der Waals surface area contributed by atoms with Crippen molar-refractivity contribution in [3.05, 3.63) is 95.3 Å². The molecule has 0 aliphatic heterocycles. The van der Waals surface area contributed by atoms with Gasteiger partial charge in [-0.2, -0.15) is 0 Å². The van der Waals surface area contributed by atoms with Gasteiger partial charge in [0.15, 0.2) is 0 Å². The highest BCUT2D eigenvalue weighted by atomic mass is 19.1. The van der Waals surface area contributed by atoms with E-state index in [4.69, 9.17) is 4.74 Å². The highest BCUT2D eigenvalue weighted by Gasteiger charge is 2.19. The minimum atomic E-state index is -0.501. The van der Waals surface area contributed by atoms with E-state index < -0.39 is 5.97 Å². The topological polar surface area (TPSA) is 46.5 Å². The number of ether oxygens (including phenoxy) is 1. The summed E-state index contributed by atoms with van der Waals surface area (Å²) in [5.74, 6) is 0.632. The van der Waals surface area contributed by atoms with Crippen LogP contribution in [-0.2, 0) is 22.7 Å². The number of aliphatic hydroxyl groups excluding tert-OH is 1. The van der Waals surface area contributed by atoms with E-state index in [1.807, 2.05) is 6.07 Å². The molecule has 1 N–H and O–H groups in total. The molecule has 0 saturated heterocycles. The van der Waals surface area contributed by atoms with Crippen molar-refractivity contribution in [2.75, 3.05) is 0 Å². The Hall–Kier alpha value is -3.24. The van der Waals surface area contributed by atoms with E-state index in [1.54, 1.807) is 37.3 Å². The van der Waals surface area contributed by atoms with Crippen LogP contribution in [0, 0.1) is 11.7 Å². The lowest BCUT2D eigenvalue weighted by Crippen LogP contribution is -2.10. The van der Waals surface area contributed by atoms with Gasteiger partial charge in [-0.1, -0.05) is 74.9 Å². The lowest BCUT2D eigenvalue weighted by Gasteiger charge is -2.26. The van der Waals surface area contributed by atoms with Crippen LogP contribution in [0.5, 0.6) is 0 Å². The molecule has 1 aliphatic carbocycles. The number of halogens is 1. The molecule has 4 rings (SSSR count). The molecule has 182 valence electrons. The summed E-state index contributed by atoms with van der Waals surface area (Å²) in [6.07, 6.45) is 5.06. The third-order valence-electron chi connectivity index (χ3n) is 7.10. The second-order valence-corrected chi connectivity index (χ2v) is 9.77. The second kappa shape index (κ2) is 11.0. The minimum Gasteiger partial charge on any atom is -0.457 e. The third kappa shape index (κ3) is 5.88. The van der Waals surface area contributed by atoms with Gasteiger partial charge in [0, 0.05) is 11.1 Å². The van der Waals surface area contributed by atoms with Crippen molar-refractivity contribution in [2.24, 2.45) is 5.92 Å². The molecule has 0 unspecified atom stereocenters. The summed E-state index contributed by atoms with van der Waals surface area (Å²) >= 11 is 0. The van der Waals surface area contributed by atoms with E-state index in [-0.39, 0.29) is 19.0 Å². The van der Waals surface area contributed by atoms with Gasteiger partial charge in [0.25, 0.3) is 0 Å². The van der Waals surface area contributed by atoms with Crippen LogP contribution >= 0.6 is 0 Å². The average Bonchev–Trinajstić information content (AvgIpc) is 2.87. The molecule has 0 bridgehead atoms. The summed E-state index contributed by atoms with van der Waals surface area (Å²) in [7, 11) is 0. The Morgan fingerprint density at radius 3 is 2.23 bits per heavy atom. The molecule has 0 amide bonds. The van der Waals surface area contributed by atoms with E-state index >= 15 is 4.39 Å². The Labute approximate surface area is 207 Å². The first-order chi connectivity index (χ1) is 16.9. The van der Waals surface area contributed by atoms with E-state index in [1.165, 1.54) is 31.2 Å². The Morgan fingerprint density at radius 1 is 0.943 bits per heavy atom. The van der Waals surface area contributed by atoms with Crippen molar-refractivity contribution in [3.8, 4) is 22.3 Å². The largest absolute Gasteiger partial charge is 0.457 e. The van der Waals surface area contributed by atoms with Crippen LogP contribution in [-0.4, -0.2) is 11.1 Å². The first kappa shape index (κ1) is 24.9. The fraction of sp³-hybridized carbons (Fsp3) is 0.323. The number of aliphatic hydroxyl groups is 1. The molecule has 0 radical (unpaired) electrons. The van der Waals surface area contributed by atoms with Crippen molar-refractivity contribution in [2.45, 2.75) is 58.7 Å². The monoisotopic (exact) mass is 472 g/mol. The molecule has 0 spiro atoms. The fourth-order valence-corrected chi connectivity index (χ4v) is 4.82. The van der Waals surface area contributed by atoms with Crippen LogP contribution < -0.4 is 0 Å². The summed E-state index contributed by atoms with van der Waals surface area (Å²) < 4.78 is 20.5. The number of hydrogen-bond acceptors (Lipinski definition) is 3. The van der Waals surface area contributed by atoms with Gasteiger partial charge >= 0.3 is 5.97 Å². The fourth-order valence-electron chi connectivity index (χ4n) is 4.82. The summed E-state index contributed by atoms with van der Waals surface area (Å²) in [5.41, 5.74) is 5.89. The minimum absolute atomic E-state index is 0.0125. The van der Waals surface area contributed by atoms with E-state index in [0.29, 0.717) is 33.7 Å². The summed E-state index contributed by atoms with van der Waals surface area (Å²) in [5, 5.41) is 9.65. The maximum atomic E-state index is 15.2. The van der Waals surface area contributed by atoms with Gasteiger partial charge in [-0.15, -0.1) is 0 Å². The molecule has 0 aromatic heterocycles. The Kier molecular flexibility index (Phi) is 7.82. The molecule has 1 aliphatic rings. The maximum absolute atomic E-state index is 15.2. The van der Waals surface area contributed by atoms with Crippen molar-refractivity contribution in [3.63, 3.8) is 0 Å². The summed E-state index contributed by atoms with van der Waals surface area (Å²) in [6, 6.07) is 19.1. The van der Waals surface area contributed by atoms with Gasteiger partial charge < -0.3 is 9.84 Å². The molecule has 0 heterocycles. The quantitative estimate of drug-likeness (QED) is 0.285. The zero-order chi connectivity index (χ0) is 24.9. The standard InChI is InChI=1S/C31H33FO3/c1-20(2)31(34)35-19-28-16-26(12-13-27(28)18-33)29-15-14-25(17-30(29)32)24-10-8-23(9-11-24)22-6-4-21(3)5-7-22/h8-17,21-22,33H,1,4-7,18-19H2,2-3H3. The van der Waals surface area contributed by atoms with Crippen molar-refractivity contribution >= 4 is 5.97 Å². The van der Waals surface area contributed by atoms with Crippen LogP contribution in [0.1, 0.15) is 62.1 Å². The molecule has 1 fully saturated rings. The van der Waals surface area contributed by atoms with Crippen LogP contribution in [0.15, 0.2) is 72.8 Å². The van der Waals surface area contributed by atoms with Crippen LogP contribution in [0.25, 0.3) is 22.3 Å². The molecule has 3 aromatic carbocycles. The van der Waals surface area contributed by atoms with Gasteiger partial charge in [0.1, 0.15) is 12.4 Å². The van der Waals surface area contributed by atoms with E-state index in [2.05, 4.69) is 37.8 Å². The highest BCUT2D eigenvalue weighted by Crippen LogP contribution is 2.36. The Balaban J connectivity index is 1.53. The second-order valence-electron chi connectivity index (χ2n) is 9.77. The molecular formula is C31H33FO3. The van der Waals surface area contributed by atoms with Gasteiger partial charge in [0.05, 0.1) is 6.61 Å². The number of hydrogen-bond donors (Lipinski definition) is 1. The highest BCUT2D eigenvalue weighted by molar-refractivity contribution is 5.87. The number of carbonyl (C=O) groups is 1. The number of benzene rings is 3. The predicted octanol–water partition coefficient (Wildman–Crippen LogP) is 7.57. The van der Waals surface area contributed by atoms with E-state index in [0.717, 1.165) is 17.0 Å². The molecule has 3 aromatic rings. The number of esters is 1. The number of rotatable bonds is 7. The van der Waals surface area contributed by atoms with Crippen LogP contribution in [0.4, 0.5) is 4.39 Å². The van der Waals surface area contributed by atoms with E-state index in [9.17, 15) is 9.90 Å². The predicted molar refractivity (Wildman–Crippen MR) is 138 cm³/mol. The Morgan fingerprint density at radius 2 is 1.60 bits per heavy atom. The van der Waals surface area contributed by atoms with Gasteiger partial charge in [-0.25, -0.2) is 9.18 Å². The molecule has 0 atom stereocenters. The smallest absolute Gasteiger partial charge is 0.333 e. The Bertz CT molecular complexity index is 1200. The summed E-state index contributed by atoms with van der Waals surface area (Å²) in [4.78, 5) is 11.8. The van der Waals surface area contributed by atoms with Gasteiger partial charge in [0.2, 0.25) is 0 Å². The van der Waals surface area contributed by atoms with Crippen molar-refractivity contribution < 1.29 is 19.0 Å². The van der Waals surface area contributed by atoms with Crippen molar-refractivity contribution in [1.29, 1.82) is 0 Å². The maximum Gasteiger partial charge on any atom is 0.333 e. The molecule has 3 nitrogen and oxygen atoms in total. The molecular weight excluding hydrogens is 439 g/mol. The third-order valence-corrected chi connectivity index (χ3v) is 7.10. The molecule has 4 heteroatoms. The summed E-state index contributed by atoms with van der Waals surface area (Å²) in [6.45, 7) is 7.28. The van der Waals surface area contributed by atoms with Gasteiger partial charge in [-0.3, -0.25) is 0 Å².